The lowest BCUT2D eigenvalue weighted by atomic mass is 10.1. The summed E-state index contributed by atoms with van der Waals surface area (Å²) < 4.78 is 0. The lowest BCUT2D eigenvalue weighted by molar-refractivity contribution is -0.108. The molecule has 1 rings (SSSR count). The van der Waals surface area contributed by atoms with Crippen molar-refractivity contribution in [2.24, 2.45) is 0 Å². The normalized spacial score (nSPS) is 17.2. The largest absolute Gasteiger partial charge is 0.276 e. The molecule has 9 heavy (non-hydrogen) atoms. The molecule has 2 heteroatoms. The third kappa shape index (κ3) is 1.68. The van der Waals surface area contributed by atoms with Gasteiger partial charge in [-0.3, -0.25) is 4.79 Å². The van der Waals surface area contributed by atoms with Crippen molar-refractivity contribution in [3.8, 4) is 0 Å². The maximum absolute atomic E-state index is 10.5. The van der Waals surface area contributed by atoms with Gasteiger partial charge in [0.2, 0.25) is 5.24 Å². The Balaban J connectivity index is 2.68. The van der Waals surface area contributed by atoms with Crippen LogP contribution < -0.4 is 0 Å². The zero-order valence-electron chi connectivity index (χ0n) is 4.93. The Morgan fingerprint density at radius 3 is 2.78 bits per heavy atom. The predicted octanol–water partition coefficient (Wildman–Crippen LogP) is 2.03. The van der Waals surface area contributed by atoms with Gasteiger partial charge in [-0.2, -0.15) is 0 Å². The molecule has 0 saturated heterocycles. The number of carbonyl (C=O) groups excluding carboxylic acids is 1. The van der Waals surface area contributed by atoms with Crippen LogP contribution in [-0.4, -0.2) is 5.24 Å². The third-order valence-corrected chi connectivity index (χ3v) is 1.51. The Kier molecular flexibility index (Phi) is 2.06. The zero-order valence-corrected chi connectivity index (χ0v) is 5.69. The van der Waals surface area contributed by atoms with Crippen LogP contribution in [0.5, 0.6) is 0 Å². The first-order valence-corrected chi connectivity index (χ1v) is 3.24. The molecule has 0 N–H and O–H groups in total. The molecule has 0 unspecified atom stereocenters. The van der Waals surface area contributed by atoms with Crippen LogP contribution >= 0.6 is 11.6 Å². The molecule has 0 aromatic heterocycles. The third-order valence-electron chi connectivity index (χ3n) is 1.27. The van der Waals surface area contributed by atoms with Crippen LogP contribution in [0.4, 0.5) is 0 Å². The number of carbonyl (C=O) groups is 1. The van der Waals surface area contributed by atoms with Gasteiger partial charge < -0.3 is 0 Å². The topological polar surface area (TPSA) is 17.1 Å². The number of rotatable bonds is 1. The van der Waals surface area contributed by atoms with E-state index in [1.807, 2.05) is 12.2 Å². The highest BCUT2D eigenvalue weighted by molar-refractivity contribution is 6.67. The Labute approximate surface area is 59.0 Å². The van der Waals surface area contributed by atoms with E-state index < -0.39 is 0 Å². The van der Waals surface area contributed by atoms with Crippen molar-refractivity contribution in [2.45, 2.75) is 12.8 Å². The molecule has 1 aliphatic rings. The first kappa shape index (κ1) is 6.56. The Morgan fingerprint density at radius 1 is 1.67 bits per heavy atom. The van der Waals surface area contributed by atoms with Crippen LogP contribution in [0.25, 0.3) is 0 Å². The fourth-order valence-corrected chi connectivity index (χ4v) is 0.924. The van der Waals surface area contributed by atoms with Gasteiger partial charge in [0.1, 0.15) is 0 Å². The van der Waals surface area contributed by atoms with E-state index in [2.05, 4.69) is 0 Å². The van der Waals surface area contributed by atoms with Crippen molar-refractivity contribution in [2.75, 3.05) is 0 Å². The van der Waals surface area contributed by atoms with E-state index >= 15 is 0 Å². The van der Waals surface area contributed by atoms with Crippen LogP contribution in [0.2, 0.25) is 0 Å². The summed E-state index contributed by atoms with van der Waals surface area (Å²) in [5.41, 5.74) is 0.721. The smallest absolute Gasteiger partial charge is 0.248 e. The zero-order chi connectivity index (χ0) is 6.69. The first-order valence-electron chi connectivity index (χ1n) is 2.86. The number of hydrogen-bond donors (Lipinski definition) is 0. The second kappa shape index (κ2) is 2.83. The van der Waals surface area contributed by atoms with Crippen LogP contribution in [0.1, 0.15) is 12.8 Å². The number of hydrogen-bond acceptors (Lipinski definition) is 1. The summed E-state index contributed by atoms with van der Waals surface area (Å²) in [5, 5.41) is -0.320. The summed E-state index contributed by atoms with van der Waals surface area (Å²) in [5.74, 6) is 0. The van der Waals surface area contributed by atoms with Crippen LogP contribution in [0.3, 0.4) is 0 Å². The highest BCUT2D eigenvalue weighted by Gasteiger charge is 2.04. The van der Waals surface area contributed by atoms with Gasteiger partial charge >= 0.3 is 0 Å². The van der Waals surface area contributed by atoms with Crippen molar-refractivity contribution >= 4 is 16.8 Å². The molecule has 0 atom stereocenters. The van der Waals surface area contributed by atoms with Gasteiger partial charge in [0.25, 0.3) is 0 Å². The van der Waals surface area contributed by atoms with Gasteiger partial charge in [-0.15, -0.1) is 0 Å². The molecule has 1 aliphatic carbocycles. The molecular formula is C7H7ClO. The van der Waals surface area contributed by atoms with Crippen LogP contribution in [-0.2, 0) is 4.79 Å². The summed E-state index contributed by atoms with van der Waals surface area (Å²) in [6.07, 6.45) is 7.37. The molecule has 0 aromatic rings. The molecule has 0 saturated carbocycles. The van der Waals surface area contributed by atoms with Gasteiger partial charge in [-0.25, -0.2) is 0 Å². The maximum atomic E-state index is 10.5. The van der Waals surface area contributed by atoms with Crippen molar-refractivity contribution in [1.82, 2.24) is 0 Å². The average molecular weight is 143 g/mol. The van der Waals surface area contributed by atoms with Crippen molar-refractivity contribution in [3.05, 3.63) is 23.8 Å². The summed E-state index contributed by atoms with van der Waals surface area (Å²) in [6.45, 7) is 0. The highest BCUT2D eigenvalue weighted by atomic mass is 35.5. The fourth-order valence-electron chi connectivity index (χ4n) is 0.766. The van der Waals surface area contributed by atoms with E-state index in [-0.39, 0.29) is 5.24 Å². The van der Waals surface area contributed by atoms with Crippen molar-refractivity contribution in [1.29, 1.82) is 0 Å². The second-order valence-corrected chi connectivity index (χ2v) is 2.28. The van der Waals surface area contributed by atoms with Crippen LogP contribution in [0, 0.1) is 0 Å². The van der Waals surface area contributed by atoms with Gasteiger partial charge in [-0.1, -0.05) is 18.2 Å². The molecule has 0 bridgehead atoms. The molecule has 0 amide bonds. The summed E-state index contributed by atoms with van der Waals surface area (Å²) in [6, 6.07) is 0. The second-order valence-electron chi connectivity index (χ2n) is 1.93. The van der Waals surface area contributed by atoms with E-state index in [4.69, 9.17) is 11.6 Å². The van der Waals surface area contributed by atoms with E-state index in [0.29, 0.717) is 0 Å². The SMILES string of the molecule is O=C(Cl)C1=CC=CCC1. The van der Waals surface area contributed by atoms with Crippen molar-refractivity contribution in [3.63, 3.8) is 0 Å². The molecular weight excluding hydrogens is 136 g/mol. The fraction of sp³-hybridized carbons (Fsp3) is 0.286. The summed E-state index contributed by atoms with van der Waals surface area (Å²) in [7, 11) is 0. The van der Waals surface area contributed by atoms with E-state index in [0.717, 1.165) is 18.4 Å². The maximum Gasteiger partial charge on any atom is 0.248 e. The molecule has 48 valence electrons. The monoisotopic (exact) mass is 142 g/mol. The standard InChI is InChI=1S/C7H7ClO/c8-7(9)6-4-2-1-3-5-6/h1-2,4H,3,5H2. The lowest BCUT2D eigenvalue weighted by Gasteiger charge is -2.00. The van der Waals surface area contributed by atoms with Gasteiger partial charge in [0.15, 0.2) is 0 Å². The molecule has 0 radical (unpaired) electrons. The van der Waals surface area contributed by atoms with E-state index in [1.165, 1.54) is 0 Å². The molecule has 1 nitrogen and oxygen atoms in total. The minimum atomic E-state index is -0.320. The van der Waals surface area contributed by atoms with Crippen LogP contribution in [0.15, 0.2) is 23.8 Å². The number of allylic oxidation sites excluding steroid dienone is 4. The highest BCUT2D eigenvalue weighted by Crippen LogP contribution is 2.13. The van der Waals surface area contributed by atoms with Crippen molar-refractivity contribution < 1.29 is 4.79 Å². The number of halogens is 1. The lowest BCUT2D eigenvalue weighted by Crippen LogP contribution is -1.94. The van der Waals surface area contributed by atoms with Gasteiger partial charge in [-0.05, 0) is 24.4 Å². The molecule has 0 spiro atoms. The molecule has 0 fully saturated rings. The minimum Gasteiger partial charge on any atom is -0.276 e. The predicted molar refractivity (Wildman–Crippen MR) is 37.3 cm³/mol. The average Bonchev–Trinajstić information content (AvgIpc) is 1.90. The quantitative estimate of drug-likeness (QED) is 0.512. The Bertz CT molecular complexity index is 179. The summed E-state index contributed by atoms with van der Waals surface area (Å²) >= 11 is 5.22. The van der Waals surface area contributed by atoms with E-state index in [1.54, 1.807) is 6.08 Å². The van der Waals surface area contributed by atoms with Gasteiger partial charge in [0, 0.05) is 5.57 Å². The van der Waals surface area contributed by atoms with E-state index in [9.17, 15) is 4.79 Å². The Morgan fingerprint density at radius 2 is 2.44 bits per heavy atom. The first-order chi connectivity index (χ1) is 4.30. The molecule has 0 aromatic carbocycles. The summed E-state index contributed by atoms with van der Waals surface area (Å²) in [4.78, 5) is 10.5. The molecule has 0 aliphatic heterocycles. The van der Waals surface area contributed by atoms with Gasteiger partial charge in [0.05, 0.1) is 0 Å². The molecule has 0 heterocycles. The Hall–Kier alpha value is -0.560. The minimum absolute atomic E-state index is 0.320.